The van der Waals surface area contributed by atoms with Gasteiger partial charge in [-0.3, -0.25) is 9.29 Å². The molecule has 0 N–H and O–H groups in total. The summed E-state index contributed by atoms with van der Waals surface area (Å²) in [7, 11) is -3.76. The van der Waals surface area contributed by atoms with Crippen molar-refractivity contribution in [1.82, 2.24) is 20.2 Å². The van der Waals surface area contributed by atoms with Crippen molar-refractivity contribution in [2.75, 3.05) is 10.1 Å². The smallest absolute Gasteiger partial charge is 0.314 e. The molecule has 3 heterocycles. The second-order valence-electron chi connectivity index (χ2n) is 6.59. The fourth-order valence-electron chi connectivity index (χ4n) is 2.51. The molecule has 0 bridgehead atoms. The van der Waals surface area contributed by atoms with Crippen LogP contribution in [-0.4, -0.2) is 34.3 Å². The molecule has 0 amide bonds. The van der Waals surface area contributed by atoms with Crippen LogP contribution in [0.2, 0.25) is 0 Å². The fraction of sp³-hybridized carbons (Fsp3) is 0.353. The zero-order chi connectivity index (χ0) is 21.9. The van der Waals surface area contributed by atoms with Crippen LogP contribution in [0.3, 0.4) is 0 Å². The van der Waals surface area contributed by atoms with E-state index in [0.717, 1.165) is 15.6 Å². The Kier molecular flexibility index (Phi) is 6.37. The van der Waals surface area contributed by atoms with E-state index in [1.165, 1.54) is 24.7 Å². The van der Waals surface area contributed by atoms with Gasteiger partial charge in [-0.25, -0.2) is 13.4 Å². The predicted molar refractivity (Wildman–Crippen MR) is 104 cm³/mol. The summed E-state index contributed by atoms with van der Waals surface area (Å²) in [4.78, 5) is 8.42. The third-order valence-electron chi connectivity index (χ3n) is 3.69. The van der Waals surface area contributed by atoms with Gasteiger partial charge in [0.1, 0.15) is 16.0 Å². The minimum absolute atomic E-state index is 0.122. The van der Waals surface area contributed by atoms with Crippen molar-refractivity contribution < 1.29 is 21.6 Å². The maximum absolute atomic E-state index is 13.0. The van der Waals surface area contributed by atoms with Gasteiger partial charge >= 0.3 is 6.43 Å². The molecule has 30 heavy (non-hydrogen) atoms. The van der Waals surface area contributed by atoms with Gasteiger partial charge in [0, 0.05) is 6.20 Å². The van der Waals surface area contributed by atoms with E-state index in [0.29, 0.717) is 9.88 Å². The van der Waals surface area contributed by atoms with E-state index in [2.05, 4.69) is 20.2 Å². The molecule has 0 atom stereocenters. The summed E-state index contributed by atoms with van der Waals surface area (Å²) in [5.74, 6) is -1.19. The van der Waals surface area contributed by atoms with E-state index in [1.807, 2.05) is 6.07 Å². The van der Waals surface area contributed by atoms with Gasteiger partial charge in [0.15, 0.2) is 0 Å². The number of alkyl halides is 2. The first-order chi connectivity index (χ1) is 14.2. The number of anilines is 1. The summed E-state index contributed by atoms with van der Waals surface area (Å²) < 4.78 is 57.3. The Hall–Kier alpha value is -2.98. The summed E-state index contributed by atoms with van der Waals surface area (Å²) >= 11 is 1.04. The molecule has 3 rings (SSSR count). The molecule has 0 aliphatic rings. The summed E-state index contributed by atoms with van der Waals surface area (Å²) in [5, 5.41) is 16.3. The first-order valence-corrected chi connectivity index (χ1v) is 11.0. The predicted octanol–water partition coefficient (Wildman–Crippen LogP) is 3.39. The molecule has 0 fully saturated rings. The van der Waals surface area contributed by atoms with Gasteiger partial charge in [0.05, 0.1) is 35.9 Å². The van der Waals surface area contributed by atoms with Gasteiger partial charge in [-0.2, -0.15) is 14.0 Å². The number of aromatic nitrogens is 4. The first kappa shape index (κ1) is 21.7. The molecule has 0 spiro atoms. The molecule has 158 valence electrons. The van der Waals surface area contributed by atoms with Crippen LogP contribution < -0.4 is 4.31 Å². The SMILES string of the molecule is CC(C)CS(=O)(=O)N(Cc1ncc(-c2nnc(C(F)F)o2)s1)c1cncc(C#N)c1. The standard InChI is InChI=1S/C17H16F2N6O3S2/c1-10(2)9-30(26,27)25(12-3-11(4-20)5-21-6-12)8-14-22-7-13(29-14)16-23-24-17(28-16)15(18)19/h3,5-7,10,15H,8-9H2,1-2H3. The number of rotatable bonds is 8. The molecule has 0 radical (unpaired) electrons. The number of thiazole rings is 1. The molecule has 13 heteroatoms. The van der Waals surface area contributed by atoms with Crippen LogP contribution in [0.15, 0.2) is 29.1 Å². The second-order valence-corrected chi connectivity index (χ2v) is 9.64. The minimum Gasteiger partial charge on any atom is -0.414 e. The molecule has 9 nitrogen and oxygen atoms in total. The maximum atomic E-state index is 13.0. The van der Waals surface area contributed by atoms with Crippen LogP contribution in [0.1, 0.15) is 36.7 Å². The fourth-order valence-corrected chi connectivity index (χ4v) is 5.19. The lowest BCUT2D eigenvalue weighted by atomic mass is 10.3. The number of hydrogen-bond donors (Lipinski definition) is 0. The van der Waals surface area contributed by atoms with E-state index >= 15 is 0 Å². The number of sulfonamides is 1. The Labute approximate surface area is 175 Å². The molecule has 0 saturated heterocycles. The third-order valence-corrected chi connectivity index (χ3v) is 6.76. The van der Waals surface area contributed by atoms with Gasteiger partial charge in [-0.05, 0) is 12.0 Å². The van der Waals surface area contributed by atoms with Gasteiger partial charge < -0.3 is 4.42 Å². The summed E-state index contributed by atoms with van der Waals surface area (Å²) in [6.07, 6.45) is 1.13. The van der Waals surface area contributed by atoms with Gasteiger partial charge in [-0.15, -0.1) is 21.5 Å². The maximum Gasteiger partial charge on any atom is 0.314 e. The molecule has 0 unspecified atom stereocenters. The molecule has 3 aromatic rings. The van der Waals surface area contributed by atoms with E-state index in [4.69, 9.17) is 9.68 Å². The topological polar surface area (TPSA) is 126 Å². The van der Waals surface area contributed by atoms with Crippen LogP contribution in [-0.2, 0) is 16.6 Å². The molecule has 0 saturated carbocycles. The first-order valence-electron chi connectivity index (χ1n) is 8.61. The summed E-state index contributed by atoms with van der Waals surface area (Å²) in [6.45, 7) is 3.42. The van der Waals surface area contributed by atoms with Crippen molar-refractivity contribution in [2.45, 2.75) is 26.8 Å². The average molecular weight is 454 g/mol. The normalized spacial score (nSPS) is 11.8. The highest BCUT2D eigenvalue weighted by Gasteiger charge is 2.26. The lowest BCUT2D eigenvalue weighted by Crippen LogP contribution is -2.34. The van der Waals surface area contributed by atoms with Crippen molar-refractivity contribution >= 4 is 27.0 Å². The van der Waals surface area contributed by atoms with Crippen LogP contribution >= 0.6 is 11.3 Å². The van der Waals surface area contributed by atoms with Crippen molar-refractivity contribution in [1.29, 1.82) is 5.26 Å². The van der Waals surface area contributed by atoms with Crippen molar-refractivity contribution in [3.63, 3.8) is 0 Å². The Morgan fingerprint density at radius 1 is 1.27 bits per heavy atom. The summed E-state index contributed by atoms with van der Waals surface area (Å²) in [5.41, 5.74) is 0.437. The highest BCUT2D eigenvalue weighted by Crippen LogP contribution is 2.30. The van der Waals surface area contributed by atoms with Crippen molar-refractivity contribution in [2.24, 2.45) is 5.92 Å². The number of nitrogens with zero attached hydrogens (tertiary/aromatic N) is 6. The summed E-state index contributed by atoms with van der Waals surface area (Å²) in [6, 6.07) is 3.35. The Morgan fingerprint density at radius 2 is 2.03 bits per heavy atom. The number of halogens is 2. The molecule has 3 aromatic heterocycles. The molecular weight excluding hydrogens is 438 g/mol. The quantitative estimate of drug-likeness (QED) is 0.507. The lowest BCUT2D eigenvalue weighted by molar-refractivity contribution is 0.116. The molecule has 0 aliphatic carbocycles. The van der Waals surface area contributed by atoms with Crippen LogP contribution in [0.25, 0.3) is 10.8 Å². The van der Waals surface area contributed by atoms with Gasteiger partial charge in [0.2, 0.25) is 10.0 Å². The lowest BCUT2D eigenvalue weighted by Gasteiger charge is -2.24. The number of pyridine rings is 1. The monoisotopic (exact) mass is 454 g/mol. The zero-order valence-electron chi connectivity index (χ0n) is 15.9. The van der Waals surface area contributed by atoms with E-state index in [-0.39, 0.29) is 35.4 Å². The van der Waals surface area contributed by atoms with E-state index in [9.17, 15) is 17.2 Å². The van der Waals surface area contributed by atoms with Crippen LogP contribution in [0.4, 0.5) is 14.5 Å². The van der Waals surface area contributed by atoms with Crippen molar-refractivity contribution in [3.05, 3.63) is 41.1 Å². The van der Waals surface area contributed by atoms with Crippen LogP contribution in [0, 0.1) is 17.2 Å². The van der Waals surface area contributed by atoms with Crippen LogP contribution in [0.5, 0.6) is 0 Å². The Bertz CT molecular complexity index is 1170. The zero-order valence-corrected chi connectivity index (χ0v) is 17.5. The highest BCUT2D eigenvalue weighted by molar-refractivity contribution is 7.92. The van der Waals surface area contributed by atoms with Gasteiger partial charge in [-0.1, -0.05) is 13.8 Å². The molecule has 0 aromatic carbocycles. The Morgan fingerprint density at radius 3 is 2.67 bits per heavy atom. The molecular formula is C17H16F2N6O3S2. The minimum atomic E-state index is -3.76. The van der Waals surface area contributed by atoms with Crippen molar-refractivity contribution in [3.8, 4) is 16.8 Å². The van der Waals surface area contributed by atoms with E-state index in [1.54, 1.807) is 13.8 Å². The third kappa shape index (κ3) is 4.95. The van der Waals surface area contributed by atoms with Gasteiger partial charge in [0.25, 0.3) is 11.8 Å². The largest absolute Gasteiger partial charge is 0.414 e. The Balaban J connectivity index is 1.93. The second kappa shape index (κ2) is 8.80. The highest BCUT2D eigenvalue weighted by atomic mass is 32.2. The van der Waals surface area contributed by atoms with E-state index < -0.39 is 22.3 Å². The molecule has 0 aliphatic heterocycles. The average Bonchev–Trinajstić information content (AvgIpc) is 3.34. The number of nitriles is 1. The number of hydrogen-bond acceptors (Lipinski definition) is 9.